The number of halogens is 1. The van der Waals surface area contributed by atoms with Crippen molar-refractivity contribution in [1.82, 2.24) is 29.5 Å². The van der Waals surface area contributed by atoms with E-state index in [-0.39, 0.29) is 5.82 Å². The molecule has 0 radical (unpaired) electrons. The number of carbonyl (C=O) groups excluding carboxylic acids is 1. The van der Waals surface area contributed by atoms with Gasteiger partial charge in [0.25, 0.3) is 0 Å². The number of methoxy groups -OCH3 is 1. The molecule has 9 heteroatoms. The van der Waals surface area contributed by atoms with Crippen LogP contribution in [0, 0.1) is 5.82 Å². The molecule has 0 unspecified atom stereocenters. The van der Waals surface area contributed by atoms with Crippen LogP contribution >= 0.6 is 0 Å². The number of aromatic nitrogens is 6. The fourth-order valence-corrected chi connectivity index (χ4v) is 2.79. The molecule has 1 aromatic carbocycles. The van der Waals surface area contributed by atoms with Crippen molar-refractivity contribution in [3.8, 4) is 28.5 Å². The maximum atomic E-state index is 13.2. The third-order valence-electron chi connectivity index (χ3n) is 4.20. The van der Waals surface area contributed by atoms with Gasteiger partial charge in [0.2, 0.25) is 0 Å². The summed E-state index contributed by atoms with van der Waals surface area (Å²) in [4.78, 5) is 20.2. The number of pyridine rings is 1. The molecule has 0 saturated heterocycles. The third kappa shape index (κ3) is 3.13. The topological polar surface area (TPSA) is 87.7 Å². The van der Waals surface area contributed by atoms with Crippen molar-refractivity contribution in [2.75, 3.05) is 7.11 Å². The zero-order chi connectivity index (χ0) is 19.7. The second-order valence-corrected chi connectivity index (χ2v) is 5.98. The fourth-order valence-electron chi connectivity index (χ4n) is 2.79. The van der Waals surface area contributed by atoms with Gasteiger partial charge < -0.3 is 4.74 Å². The number of nitrogens with zero attached hydrogens (tertiary/aromatic N) is 6. The Kier molecular flexibility index (Phi) is 4.40. The summed E-state index contributed by atoms with van der Waals surface area (Å²) >= 11 is 0. The Morgan fingerprint density at radius 3 is 2.57 bits per heavy atom. The van der Waals surface area contributed by atoms with Gasteiger partial charge in [0.1, 0.15) is 35.0 Å². The molecule has 8 nitrogen and oxygen atoms in total. The summed E-state index contributed by atoms with van der Waals surface area (Å²) in [6.45, 7) is 0. The molecule has 0 aliphatic rings. The molecule has 0 bridgehead atoms. The van der Waals surface area contributed by atoms with Gasteiger partial charge in [0, 0.05) is 25.0 Å². The van der Waals surface area contributed by atoms with Crippen LogP contribution in [0.2, 0.25) is 0 Å². The largest absolute Gasteiger partial charge is 0.465 e. The van der Waals surface area contributed by atoms with Gasteiger partial charge in [-0.25, -0.2) is 23.8 Å². The van der Waals surface area contributed by atoms with Crippen LogP contribution in [0.4, 0.5) is 4.39 Å². The van der Waals surface area contributed by atoms with Gasteiger partial charge in [0.05, 0.1) is 12.7 Å². The van der Waals surface area contributed by atoms with Crippen molar-refractivity contribution in [2.45, 2.75) is 0 Å². The van der Waals surface area contributed by atoms with E-state index in [2.05, 4.69) is 25.0 Å². The van der Waals surface area contributed by atoms with Crippen LogP contribution in [-0.2, 0) is 11.8 Å². The Bertz CT molecular complexity index is 1130. The molecular weight excluding hydrogens is 363 g/mol. The summed E-state index contributed by atoms with van der Waals surface area (Å²) in [5.41, 5.74) is 3.02. The van der Waals surface area contributed by atoms with Crippen molar-refractivity contribution in [3.05, 3.63) is 66.5 Å². The van der Waals surface area contributed by atoms with E-state index in [0.717, 1.165) is 5.56 Å². The van der Waals surface area contributed by atoms with Gasteiger partial charge >= 0.3 is 5.97 Å². The van der Waals surface area contributed by atoms with E-state index in [1.54, 1.807) is 53.1 Å². The molecule has 4 rings (SSSR count). The number of rotatable bonds is 4. The number of ether oxygens (including phenoxy) is 1. The minimum Gasteiger partial charge on any atom is -0.465 e. The van der Waals surface area contributed by atoms with Crippen molar-refractivity contribution in [1.29, 1.82) is 0 Å². The minimum absolute atomic E-state index is 0.319. The highest BCUT2D eigenvalue weighted by Gasteiger charge is 2.18. The molecular formula is C19H15FN6O2. The van der Waals surface area contributed by atoms with E-state index in [0.29, 0.717) is 28.5 Å². The van der Waals surface area contributed by atoms with E-state index in [4.69, 9.17) is 0 Å². The van der Waals surface area contributed by atoms with E-state index >= 15 is 0 Å². The minimum atomic E-state index is -0.449. The van der Waals surface area contributed by atoms with Crippen LogP contribution < -0.4 is 0 Å². The molecule has 0 fully saturated rings. The molecule has 0 amide bonds. The SMILES string of the molecule is COC(=O)c1ccc(-n2cnc(-c3c(-c4ccc(F)cc4)nnn3C)c2)nc1. The van der Waals surface area contributed by atoms with Gasteiger partial charge in [0.15, 0.2) is 0 Å². The Balaban J connectivity index is 1.69. The van der Waals surface area contributed by atoms with Crippen molar-refractivity contribution in [2.24, 2.45) is 7.05 Å². The van der Waals surface area contributed by atoms with E-state index in [1.807, 2.05) is 0 Å². The maximum Gasteiger partial charge on any atom is 0.339 e. The molecule has 0 saturated carbocycles. The smallest absolute Gasteiger partial charge is 0.339 e. The Labute approximate surface area is 159 Å². The summed E-state index contributed by atoms with van der Waals surface area (Å²) in [6, 6.07) is 9.36. The molecule has 3 heterocycles. The van der Waals surface area contributed by atoms with Crippen LogP contribution in [0.5, 0.6) is 0 Å². The average molecular weight is 378 g/mol. The second kappa shape index (κ2) is 7.03. The van der Waals surface area contributed by atoms with Crippen molar-refractivity contribution >= 4 is 5.97 Å². The molecule has 0 aliphatic carbocycles. The van der Waals surface area contributed by atoms with E-state index in [9.17, 15) is 9.18 Å². The zero-order valence-corrected chi connectivity index (χ0v) is 15.1. The number of hydrogen-bond acceptors (Lipinski definition) is 6. The molecule has 0 spiro atoms. The van der Waals surface area contributed by atoms with Crippen LogP contribution in [0.3, 0.4) is 0 Å². The van der Waals surface area contributed by atoms with E-state index < -0.39 is 5.97 Å². The standard InChI is InChI=1S/C19H15FN6O2/c1-25-18(17(23-24-25)12-3-6-14(20)7-4-12)15-10-26(11-22-15)16-8-5-13(9-21-16)19(27)28-2/h3-11H,1-2H3. The van der Waals surface area contributed by atoms with Gasteiger partial charge in [-0.3, -0.25) is 4.57 Å². The first-order valence-corrected chi connectivity index (χ1v) is 8.31. The fraction of sp³-hybridized carbons (Fsp3) is 0.105. The lowest BCUT2D eigenvalue weighted by Gasteiger charge is -2.03. The lowest BCUT2D eigenvalue weighted by Crippen LogP contribution is -2.03. The number of aryl methyl sites for hydroxylation is 1. The van der Waals surface area contributed by atoms with Crippen LogP contribution in [0.25, 0.3) is 28.5 Å². The summed E-state index contributed by atoms with van der Waals surface area (Å²) in [5.74, 6) is -0.180. The number of esters is 1. The first-order chi connectivity index (χ1) is 13.6. The molecule has 0 aliphatic heterocycles. The lowest BCUT2D eigenvalue weighted by atomic mass is 10.1. The number of imidazole rings is 1. The van der Waals surface area contributed by atoms with Crippen LogP contribution in [0.15, 0.2) is 55.1 Å². The van der Waals surface area contributed by atoms with Gasteiger partial charge in [-0.05, 0) is 36.4 Å². The molecule has 28 heavy (non-hydrogen) atoms. The first-order valence-electron chi connectivity index (χ1n) is 8.31. The molecule has 4 aromatic rings. The second-order valence-electron chi connectivity index (χ2n) is 5.98. The maximum absolute atomic E-state index is 13.2. The summed E-state index contributed by atoms with van der Waals surface area (Å²) in [7, 11) is 3.08. The van der Waals surface area contributed by atoms with Crippen LogP contribution in [0.1, 0.15) is 10.4 Å². The van der Waals surface area contributed by atoms with Gasteiger partial charge in [-0.1, -0.05) is 5.21 Å². The Hall–Kier alpha value is -3.88. The Morgan fingerprint density at radius 1 is 1.11 bits per heavy atom. The molecule has 3 aromatic heterocycles. The van der Waals surface area contributed by atoms with E-state index in [1.165, 1.54) is 25.4 Å². The number of carbonyl (C=O) groups is 1. The van der Waals surface area contributed by atoms with Gasteiger partial charge in [-0.2, -0.15) is 0 Å². The Morgan fingerprint density at radius 2 is 1.89 bits per heavy atom. The highest BCUT2D eigenvalue weighted by Crippen LogP contribution is 2.29. The quantitative estimate of drug-likeness (QED) is 0.508. The summed E-state index contributed by atoms with van der Waals surface area (Å²) in [6.07, 6.45) is 4.83. The molecule has 140 valence electrons. The predicted molar refractivity (Wildman–Crippen MR) is 98.1 cm³/mol. The lowest BCUT2D eigenvalue weighted by molar-refractivity contribution is 0.0600. The number of benzene rings is 1. The highest BCUT2D eigenvalue weighted by atomic mass is 19.1. The number of hydrogen-bond donors (Lipinski definition) is 0. The monoisotopic (exact) mass is 378 g/mol. The molecule has 0 N–H and O–H groups in total. The zero-order valence-electron chi connectivity index (χ0n) is 15.1. The average Bonchev–Trinajstić information content (AvgIpc) is 3.35. The summed E-state index contributed by atoms with van der Waals surface area (Å²) in [5, 5.41) is 8.26. The van der Waals surface area contributed by atoms with Crippen molar-refractivity contribution in [3.63, 3.8) is 0 Å². The predicted octanol–water partition coefficient (Wildman–Crippen LogP) is 2.66. The highest BCUT2D eigenvalue weighted by molar-refractivity contribution is 5.89. The first kappa shape index (κ1) is 17.5. The third-order valence-corrected chi connectivity index (χ3v) is 4.20. The van der Waals surface area contributed by atoms with Crippen molar-refractivity contribution < 1.29 is 13.9 Å². The molecule has 0 atom stereocenters. The summed E-state index contributed by atoms with van der Waals surface area (Å²) < 4.78 is 21.2. The normalized spacial score (nSPS) is 10.8. The van der Waals surface area contributed by atoms with Crippen LogP contribution in [-0.4, -0.2) is 42.6 Å². The van der Waals surface area contributed by atoms with Gasteiger partial charge in [-0.15, -0.1) is 5.10 Å².